The number of hydrogen-bond donors (Lipinski definition) is 0. The second kappa shape index (κ2) is 5.34. The Labute approximate surface area is 89.2 Å². The molecule has 0 aromatic rings. The van der Waals surface area contributed by atoms with Crippen molar-refractivity contribution < 1.29 is 19.4 Å². The highest BCUT2D eigenvalue weighted by atomic mass is 16.5. The Kier molecular flexibility index (Phi) is 4.78. The van der Waals surface area contributed by atoms with Gasteiger partial charge in [0.25, 0.3) is 0 Å². The Bertz CT molecular complexity index is 305. The summed E-state index contributed by atoms with van der Waals surface area (Å²) < 4.78 is 4.47. The molecule has 0 aromatic carbocycles. The van der Waals surface area contributed by atoms with Crippen molar-refractivity contribution >= 4 is 11.9 Å². The monoisotopic (exact) mass is 211 g/mol. The summed E-state index contributed by atoms with van der Waals surface area (Å²) in [5.41, 5.74) is 0.235. The third kappa shape index (κ3) is 5.67. The van der Waals surface area contributed by atoms with Gasteiger partial charge in [-0.1, -0.05) is 26.8 Å². The first-order valence-electron chi connectivity index (χ1n) is 4.46. The van der Waals surface area contributed by atoms with Crippen molar-refractivity contribution in [3.63, 3.8) is 0 Å². The van der Waals surface area contributed by atoms with E-state index >= 15 is 0 Å². The lowest BCUT2D eigenvalue weighted by Crippen LogP contribution is -2.19. The van der Waals surface area contributed by atoms with Crippen LogP contribution in [0.25, 0.3) is 0 Å². The molecule has 0 unspecified atom stereocenters. The van der Waals surface area contributed by atoms with E-state index in [-0.39, 0.29) is 5.41 Å². The molecule has 84 valence electrons. The zero-order chi connectivity index (χ0) is 12.1. The lowest BCUT2D eigenvalue weighted by Gasteiger charge is -2.19. The lowest BCUT2D eigenvalue weighted by molar-refractivity contribution is -0.297. The van der Waals surface area contributed by atoms with Crippen LogP contribution in [0.3, 0.4) is 0 Å². The van der Waals surface area contributed by atoms with Gasteiger partial charge in [-0.3, -0.25) is 0 Å². The van der Waals surface area contributed by atoms with Crippen molar-refractivity contribution in [2.45, 2.75) is 20.8 Å². The number of esters is 1. The molecule has 0 atom stereocenters. The quantitative estimate of drug-likeness (QED) is 0.386. The fraction of sp³-hybridized carbons (Fsp3) is 0.455. The predicted molar refractivity (Wildman–Crippen MR) is 53.7 cm³/mol. The van der Waals surface area contributed by atoms with Crippen molar-refractivity contribution in [1.82, 2.24) is 0 Å². The molecule has 0 saturated heterocycles. The van der Waals surface area contributed by atoms with Crippen molar-refractivity contribution in [3.8, 4) is 0 Å². The Morgan fingerprint density at radius 1 is 1.20 bits per heavy atom. The first kappa shape index (κ1) is 13.4. The highest BCUT2D eigenvalue weighted by Gasteiger charge is 2.15. The summed E-state index contributed by atoms with van der Waals surface area (Å²) >= 11 is 0. The minimum Gasteiger partial charge on any atom is -0.545 e. The minimum atomic E-state index is -1.30. The van der Waals surface area contributed by atoms with Crippen molar-refractivity contribution in [1.29, 1.82) is 0 Å². The maximum absolute atomic E-state index is 11.0. The fourth-order valence-electron chi connectivity index (χ4n) is 0.858. The van der Waals surface area contributed by atoms with Crippen molar-refractivity contribution in [2.24, 2.45) is 5.41 Å². The van der Waals surface area contributed by atoms with Gasteiger partial charge in [0.05, 0.1) is 13.1 Å². The fourth-order valence-corrected chi connectivity index (χ4v) is 0.858. The summed E-state index contributed by atoms with van der Waals surface area (Å²) in [6.07, 6.45) is 3.49. The van der Waals surface area contributed by atoms with Gasteiger partial charge in [0.2, 0.25) is 0 Å². The van der Waals surface area contributed by atoms with Gasteiger partial charge in [0.1, 0.15) is 0 Å². The van der Waals surface area contributed by atoms with Crippen LogP contribution >= 0.6 is 0 Å². The molecule has 0 fully saturated rings. The van der Waals surface area contributed by atoms with Crippen molar-refractivity contribution in [3.05, 3.63) is 23.8 Å². The Morgan fingerprint density at radius 3 is 2.07 bits per heavy atom. The van der Waals surface area contributed by atoms with Crippen LogP contribution in [0.5, 0.6) is 0 Å². The molecule has 0 aliphatic rings. The molecule has 0 N–H and O–H groups in total. The Hall–Kier alpha value is -1.58. The molecule has 0 saturated carbocycles. The van der Waals surface area contributed by atoms with Crippen LogP contribution in [0.1, 0.15) is 20.8 Å². The number of carboxylic acid groups (broad SMARTS) is 1. The number of methoxy groups -OCH3 is 1. The SMILES string of the molecule is COC(=O)C=C(C=CC(=O)[O-])C(C)(C)C. The summed E-state index contributed by atoms with van der Waals surface area (Å²) in [6.45, 7) is 5.59. The maximum atomic E-state index is 11.0. The number of aliphatic carboxylic acids is 1. The third-order valence-corrected chi connectivity index (χ3v) is 1.74. The first-order valence-corrected chi connectivity index (χ1v) is 4.46. The highest BCUT2D eigenvalue weighted by molar-refractivity contribution is 5.84. The summed E-state index contributed by atoms with van der Waals surface area (Å²) in [4.78, 5) is 21.3. The molecule has 0 bridgehead atoms. The lowest BCUT2D eigenvalue weighted by atomic mass is 9.86. The van der Waals surface area contributed by atoms with Gasteiger partial charge < -0.3 is 14.6 Å². The van der Waals surface area contributed by atoms with Gasteiger partial charge in [0, 0.05) is 6.08 Å². The van der Waals surface area contributed by atoms with E-state index in [2.05, 4.69) is 4.74 Å². The molecule has 4 nitrogen and oxygen atoms in total. The van der Waals surface area contributed by atoms with Crippen LogP contribution in [0.2, 0.25) is 0 Å². The zero-order valence-electron chi connectivity index (χ0n) is 9.37. The second-order valence-electron chi connectivity index (χ2n) is 4.03. The topological polar surface area (TPSA) is 66.4 Å². The number of carbonyl (C=O) groups is 2. The molecule has 0 spiro atoms. The van der Waals surface area contributed by atoms with Gasteiger partial charge in [-0.25, -0.2) is 4.79 Å². The molecule has 4 heteroatoms. The van der Waals surface area contributed by atoms with Crippen LogP contribution in [0.4, 0.5) is 0 Å². The van der Waals surface area contributed by atoms with Crippen LogP contribution < -0.4 is 5.11 Å². The average molecular weight is 211 g/mol. The number of rotatable bonds is 3. The van der Waals surface area contributed by atoms with E-state index in [0.717, 1.165) is 6.08 Å². The van der Waals surface area contributed by atoms with Gasteiger partial charge in [-0.15, -0.1) is 0 Å². The van der Waals surface area contributed by atoms with E-state index in [1.165, 1.54) is 19.3 Å². The molecule has 0 aromatic heterocycles. The van der Waals surface area contributed by atoms with E-state index < -0.39 is 11.9 Å². The molecule has 0 rings (SSSR count). The van der Waals surface area contributed by atoms with E-state index in [0.29, 0.717) is 5.57 Å². The molecule has 0 heterocycles. The molecule has 15 heavy (non-hydrogen) atoms. The summed E-state index contributed by atoms with van der Waals surface area (Å²) in [6, 6.07) is 0. The smallest absolute Gasteiger partial charge is 0.330 e. The van der Waals surface area contributed by atoms with Gasteiger partial charge >= 0.3 is 5.97 Å². The molecule has 0 aliphatic heterocycles. The number of carboxylic acids is 1. The average Bonchev–Trinajstić information content (AvgIpc) is 2.09. The van der Waals surface area contributed by atoms with E-state index in [1.54, 1.807) is 0 Å². The van der Waals surface area contributed by atoms with E-state index in [1.807, 2.05) is 20.8 Å². The minimum absolute atomic E-state index is 0.333. The Balaban J connectivity index is 4.99. The standard InChI is InChI=1S/C11H16O4/c1-11(2,3)8(5-6-9(12)13)7-10(14)15-4/h5-7H,1-4H3,(H,12,13)/p-1. The number of carbonyl (C=O) groups excluding carboxylic acids is 2. The summed E-state index contributed by atoms with van der Waals surface area (Å²) in [5.74, 6) is -1.81. The molecule has 0 amide bonds. The second-order valence-corrected chi connectivity index (χ2v) is 4.03. The number of allylic oxidation sites excluding steroid dienone is 2. The molecule has 0 aliphatic carbocycles. The summed E-state index contributed by atoms with van der Waals surface area (Å²) in [5, 5.41) is 10.2. The van der Waals surface area contributed by atoms with Crippen LogP contribution in [0.15, 0.2) is 23.8 Å². The zero-order valence-corrected chi connectivity index (χ0v) is 9.37. The normalized spacial score (nSPS) is 12.9. The largest absolute Gasteiger partial charge is 0.545 e. The summed E-state index contributed by atoms with van der Waals surface area (Å²) in [7, 11) is 1.27. The third-order valence-electron chi connectivity index (χ3n) is 1.74. The molecular weight excluding hydrogens is 196 g/mol. The molecule has 0 radical (unpaired) electrons. The Morgan fingerprint density at radius 2 is 1.73 bits per heavy atom. The van der Waals surface area contributed by atoms with Crippen LogP contribution in [-0.2, 0) is 14.3 Å². The first-order chi connectivity index (χ1) is 6.77. The maximum Gasteiger partial charge on any atom is 0.330 e. The van der Waals surface area contributed by atoms with Crippen LogP contribution in [0, 0.1) is 5.41 Å². The predicted octanol–water partition coefficient (Wildman–Crippen LogP) is 0.438. The molecular formula is C11H15O4-. The van der Waals surface area contributed by atoms with Crippen molar-refractivity contribution in [2.75, 3.05) is 7.11 Å². The van der Waals surface area contributed by atoms with Gasteiger partial charge in [-0.2, -0.15) is 0 Å². The van der Waals surface area contributed by atoms with E-state index in [9.17, 15) is 14.7 Å². The number of hydrogen-bond acceptors (Lipinski definition) is 4. The highest BCUT2D eigenvalue weighted by Crippen LogP contribution is 2.26. The van der Waals surface area contributed by atoms with Crippen LogP contribution in [-0.4, -0.2) is 19.0 Å². The number of ether oxygens (including phenoxy) is 1. The van der Waals surface area contributed by atoms with Gasteiger partial charge in [0.15, 0.2) is 0 Å². The van der Waals surface area contributed by atoms with E-state index in [4.69, 9.17) is 0 Å². The van der Waals surface area contributed by atoms with Gasteiger partial charge in [-0.05, 0) is 17.1 Å².